The first-order valence-corrected chi connectivity index (χ1v) is 11.1. The Balaban J connectivity index is 1.41. The summed E-state index contributed by atoms with van der Waals surface area (Å²) in [5.74, 6) is -0.163. The van der Waals surface area contributed by atoms with Crippen molar-refractivity contribution in [2.45, 2.75) is 55.2 Å². The van der Waals surface area contributed by atoms with Crippen LogP contribution < -0.4 is 5.32 Å². The Morgan fingerprint density at radius 1 is 1.07 bits per heavy atom. The number of carbonyl (C=O) groups excluding carboxylic acids is 2. The van der Waals surface area contributed by atoms with Crippen molar-refractivity contribution in [2.24, 2.45) is 0 Å². The zero-order chi connectivity index (χ0) is 20.2. The number of nitrogens with zero attached hydrogens (tertiary/aromatic N) is 1. The van der Waals surface area contributed by atoms with Crippen molar-refractivity contribution in [3.05, 3.63) is 65.9 Å². The maximum Gasteiger partial charge on any atom is 0.226 e. The van der Waals surface area contributed by atoms with Crippen LogP contribution in [0, 0.1) is 0 Å². The minimum Gasteiger partial charge on any atom is -0.326 e. The minimum atomic E-state index is -0.286. The SMILES string of the molecule is CC(=O)N1C=Cc2ccccc2[C@@H]1CC(=O)Nc1ccc(SC2CCCC2)cc1. The lowest BCUT2D eigenvalue weighted by atomic mass is 9.93. The average molecular weight is 407 g/mol. The smallest absolute Gasteiger partial charge is 0.226 e. The zero-order valence-corrected chi connectivity index (χ0v) is 17.5. The summed E-state index contributed by atoms with van der Waals surface area (Å²) in [5.41, 5.74) is 2.85. The standard InChI is InChI=1S/C24H26N2O2S/c1-17(27)26-15-14-18-6-2-5-9-22(18)23(26)16-24(28)25-19-10-12-21(13-11-19)29-20-7-3-4-8-20/h2,5-6,9-15,20,23H,3-4,7-8,16H2,1H3,(H,25,28)/t23-/m0/s1. The number of anilines is 1. The van der Waals surface area contributed by atoms with Gasteiger partial charge in [0.25, 0.3) is 0 Å². The molecule has 5 heteroatoms. The summed E-state index contributed by atoms with van der Waals surface area (Å²) in [4.78, 5) is 27.7. The highest BCUT2D eigenvalue weighted by molar-refractivity contribution is 8.00. The van der Waals surface area contributed by atoms with Gasteiger partial charge in [-0.15, -0.1) is 11.8 Å². The third-order valence-corrected chi connectivity index (χ3v) is 6.94. The molecule has 1 fully saturated rings. The Hall–Kier alpha value is -2.53. The molecule has 1 N–H and O–H groups in total. The molecule has 0 radical (unpaired) electrons. The summed E-state index contributed by atoms with van der Waals surface area (Å²) in [6.07, 6.45) is 9.19. The fraction of sp³-hybridized carbons (Fsp3) is 0.333. The van der Waals surface area contributed by atoms with Crippen molar-refractivity contribution < 1.29 is 9.59 Å². The highest BCUT2D eigenvalue weighted by atomic mass is 32.2. The van der Waals surface area contributed by atoms with Crippen LogP contribution in [0.25, 0.3) is 6.08 Å². The van der Waals surface area contributed by atoms with Gasteiger partial charge < -0.3 is 10.2 Å². The predicted octanol–water partition coefficient (Wildman–Crippen LogP) is 5.62. The van der Waals surface area contributed by atoms with Crippen LogP contribution in [0.3, 0.4) is 0 Å². The third-order valence-electron chi connectivity index (χ3n) is 5.59. The predicted molar refractivity (Wildman–Crippen MR) is 119 cm³/mol. The number of hydrogen-bond donors (Lipinski definition) is 1. The van der Waals surface area contributed by atoms with Crippen LogP contribution in [0.5, 0.6) is 0 Å². The van der Waals surface area contributed by atoms with Gasteiger partial charge in [-0.05, 0) is 54.3 Å². The van der Waals surface area contributed by atoms with Crippen LogP contribution in [-0.4, -0.2) is 22.0 Å². The molecule has 1 atom stereocenters. The maximum absolute atomic E-state index is 12.7. The van der Waals surface area contributed by atoms with Gasteiger partial charge in [0.05, 0.1) is 12.5 Å². The van der Waals surface area contributed by atoms with Crippen LogP contribution in [0.1, 0.15) is 56.2 Å². The lowest BCUT2D eigenvalue weighted by Crippen LogP contribution is -2.33. The largest absolute Gasteiger partial charge is 0.326 e. The Bertz CT molecular complexity index is 917. The van der Waals surface area contributed by atoms with E-state index in [1.807, 2.05) is 54.2 Å². The van der Waals surface area contributed by atoms with E-state index in [0.29, 0.717) is 0 Å². The Labute approximate surface area is 176 Å². The van der Waals surface area contributed by atoms with Crippen LogP contribution in [0.2, 0.25) is 0 Å². The molecule has 1 saturated carbocycles. The molecule has 2 aromatic carbocycles. The summed E-state index contributed by atoms with van der Waals surface area (Å²) >= 11 is 1.94. The van der Waals surface area contributed by atoms with Crippen LogP contribution in [-0.2, 0) is 9.59 Å². The van der Waals surface area contributed by atoms with Gasteiger partial charge in [0.2, 0.25) is 11.8 Å². The number of carbonyl (C=O) groups is 2. The van der Waals surface area contributed by atoms with E-state index in [4.69, 9.17) is 0 Å². The number of thioether (sulfide) groups is 1. The van der Waals surface area contributed by atoms with Crippen LogP contribution >= 0.6 is 11.8 Å². The molecular formula is C24H26N2O2S. The highest BCUT2D eigenvalue weighted by Gasteiger charge is 2.28. The fourth-order valence-corrected chi connectivity index (χ4v) is 5.36. The Kier molecular flexibility index (Phi) is 6.05. The first kappa shape index (κ1) is 19.8. The topological polar surface area (TPSA) is 49.4 Å². The molecule has 1 aliphatic carbocycles. The molecule has 1 aliphatic heterocycles. The molecule has 2 aromatic rings. The van der Waals surface area contributed by atoms with Crippen molar-refractivity contribution in [3.8, 4) is 0 Å². The molecular weight excluding hydrogens is 380 g/mol. The molecule has 150 valence electrons. The molecule has 1 heterocycles. The summed E-state index contributed by atoms with van der Waals surface area (Å²) in [6, 6.07) is 15.7. The molecule has 4 nitrogen and oxygen atoms in total. The second kappa shape index (κ2) is 8.87. The molecule has 0 unspecified atom stereocenters. The Morgan fingerprint density at radius 2 is 1.79 bits per heavy atom. The van der Waals surface area contributed by atoms with E-state index < -0.39 is 0 Å². The van der Waals surface area contributed by atoms with E-state index in [1.165, 1.54) is 37.5 Å². The van der Waals surface area contributed by atoms with Gasteiger partial charge >= 0.3 is 0 Å². The monoisotopic (exact) mass is 406 g/mol. The van der Waals surface area contributed by atoms with Gasteiger partial charge in [-0.1, -0.05) is 37.1 Å². The molecule has 2 amide bonds. The van der Waals surface area contributed by atoms with Crippen LogP contribution in [0.15, 0.2) is 59.6 Å². The van der Waals surface area contributed by atoms with Gasteiger partial charge in [-0.3, -0.25) is 9.59 Å². The molecule has 0 saturated heterocycles. The minimum absolute atomic E-state index is 0.0677. The van der Waals surface area contributed by atoms with Crippen molar-refractivity contribution >= 4 is 35.3 Å². The lowest BCUT2D eigenvalue weighted by molar-refractivity contribution is -0.129. The maximum atomic E-state index is 12.7. The van der Waals surface area contributed by atoms with E-state index in [1.54, 1.807) is 11.1 Å². The second-order valence-electron chi connectivity index (χ2n) is 7.69. The first-order chi connectivity index (χ1) is 14.1. The molecule has 0 bridgehead atoms. The molecule has 29 heavy (non-hydrogen) atoms. The second-order valence-corrected chi connectivity index (χ2v) is 9.06. The van der Waals surface area contributed by atoms with E-state index in [9.17, 15) is 9.59 Å². The molecule has 2 aliphatic rings. The normalized spacial score (nSPS) is 18.5. The number of rotatable bonds is 5. The van der Waals surface area contributed by atoms with Crippen LogP contribution in [0.4, 0.5) is 5.69 Å². The summed E-state index contributed by atoms with van der Waals surface area (Å²) < 4.78 is 0. The molecule has 0 aromatic heterocycles. The highest BCUT2D eigenvalue weighted by Crippen LogP contribution is 2.35. The number of fused-ring (bicyclic) bond motifs is 1. The fourth-order valence-electron chi connectivity index (χ4n) is 4.12. The third kappa shape index (κ3) is 4.73. The zero-order valence-electron chi connectivity index (χ0n) is 16.6. The van der Waals surface area contributed by atoms with Gasteiger partial charge in [-0.25, -0.2) is 0 Å². The Morgan fingerprint density at radius 3 is 2.52 bits per heavy atom. The van der Waals surface area contributed by atoms with Crippen molar-refractivity contribution in [3.63, 3.8) is 0 Å². The van der Waals surface area contributed by atoms with Gasteiger partial charge in [-0.2, -0.15) is 0 Å². The van der Waals surface area contributed by atoms with E-state index in [0.717, 1.165) is 22.1 Å². The lowest BCUT2D eigenvalue weighted by Gasteiger charge is -2.32. The number of amides is 2. The summed E-state index contributed by atoms with van der Waals surface area (Å²) in [5, 5.41) is 3.72. The molecule has 4 rings (SSSR count). The number of benzene rings is 2. The number of hydrogen-bond acceptors (Lipinski definition) is 3. The van der Waals surface area contributed by atoms with Gasteiger partial charge in [0.15, 0.2) is 0 Å². The molecule has 0 spiro atoms. The van der Waals surface area contributed by atoms with Crippen molar-refractivity contribution in [2.75, 3.05) is 5.32 Å². The van der Waals surface area contributed by atoms with Crippen molar-refractivity contribution in [1.29, 1.82) is 0 Å². The van der Waals surface area contributed by atoms with E-state index in [-0.39, 0.29) is 24.3 Å². The summed E-state index contributed by atoms with van der Waals surface area (Å²) in [7, 11) is 0. The first-order valence-electron chi connectivity index (χ1n) is 10.2. The van der Waals surface area contributed by atoms with E-state index in [2.05, 4.69) is 17.4 Å². The van der Waals surface area contributed by atoms with Gasteiger partial charge in [0.1, 0.15) is 0 Å². The van der Waals surface area contributed by atoms with E-state index >= 15 is 0 Å². The average Bonchev–Trinajstić information content (AvgIpc) is 3.22. The van der Waals surface area contributed by atoms with Gasteiger partial charge in [0, 0.05) is 29.0 Å². The quantitative estimate of drug-likeness (QED) is 0.701. The van der Waals surface area contributed by atoms with Crippen molar-refractivity contribution in [1.82, 2.24) is 4.90 Å². The number of nitrogens with one attached hydrogen (secondary N) is 1. The summed E-state index contributed by atoms with van der Waals surface area (Å²) in [6.45, 7) is 1.53.